The van der Waals surface area contributed by atoms with E-state index >= 15 is 0 Å². The highest BCUT2D eigenvalue weighted by atomic mass is 19.1. The minimum atomic E-state index is -0.244. The number of halogens is 1. The molecule has 2 nitrogen and oxygen atoms in total. The SMILES string of the molecule is CNC(Cc1cc(C)cc(C)c1)c1cc(F)ccc1OC. The maximum absolute atomic E-state index is 13.6. The molecule has 1 atom stereocenters. The Labute approximate surface area is 126 Å². The summed E-state index contributed by atoms with van der Waals surface area (Å²) < 4.78 is 18.9. The number of nitrogens with one attached hydrogen (secondary N) is 1. The molecule has 2 aromatic carbocycles. The number of benzene rings is 2. The first kappa shape index (κ1) is 15.5. The average molecular weight is 287 g/mol. The molecule has 0 heterocycles. The van der Waals surface area contributed by atoms with Crippen LogP contribution in [0.25, 0.3) is 0 Å². The molecule has 112 valence electrons. The van der Waals surface area contributed by atoms with Gasteiger partial charge in [0.1, 0.15) is 11.6 Å². The normalized spacial score (nSPS) is 12.2. The van der Waals surface area contributed by atoms with Crippen LogP contribution in [-0.4, -0.2) is 14.2 Å². The third-order valence-electron chi connectivity index (χ3n) is 3.64. The summed E-state index contributed by atoms with van der Waals surface area (Å²) in [5.74, 6) is 0.464. The van der Waals surface area contributed by atoms with E-state index in [1.165, 1.54) is 22.8 Å². The lowest BCUT2D eigenvalue weighted by Gasteiger charge is -2.20. The highest BCUT2D eigenvalue weighted by molar-refractivity contribution is 5.38. The van der Waals surface area contributed by atoms with Gasteiger partial charge in [0.05, 0.1) is 7.11 Å². The second-order valence-corrected chi connectivity index (χ2v) is 5.43. The Balaban J connectivity index is 2.33. The lowest BCUT2D eigenvalue weighted by Crippen LogP contribution is -2.20. The van der Waals surface area contributed by atoms with Crippen LogP contribution < -0.4 is 10.1 Å². The van der Waals surface area contributed by atoms with E-state index in [4.69, 9.17) is 4.74 Å². The van der Waals surface area contributed by atoms with E-state index in [9.17, 15) is 4.39 Å². The summed E-state index contributed by atoms with van der Waals surface area (Å²) in [4.78, 5) is 0. The molecule has 2 aromatic rings. The van der Waals surface area contributed by atoms with Crippen LogP contribution in [0.3, 0.4) is 0 Å². The monoisotopic (exact) mass is 287 g/mol. The van der Waals surface area contributed by atoms with E-state index in [2.05, 4.69) is 37.4 Å². The molecule has 0 radical (unpaired) electrons. The molecule has 0 amide bonds. The summed E-state index contributed by atoms with van der Waals surface area (Å²) >= 11 is 0. The van der Waals surface area contributed by atoms with Crippen LogP contribution in [0.4, 0.5) is 4.39 Å². The largest absolute Gasteiger partial charge is 0.496 e. The molecule has 0 saturated heterocycles. The van der Waals surface area contributed by atoms with E-state index in [1.54, 1.807) is 19.2 Å². The van der Waals surface area contributed by atoms with Crippen LogP contribution >= 0.6 is 0 Å². The molecule has 0 aliphatic heterocycles. The topological polar surface area (TPSA) is 21.3 Å². The molecular formula is C18H22FNO. The van der Waals surface area contributed by atoms with Crippen LogP contribution in [0.5, 0.6) is 5.75 Å². The zero-order chi connectivity index (χ0) is 15.4. The Hall–Kier alpha value is -1.87. The Kier molecular flexibility index (Phi) is 4.97. The van der Waals surface area contributed by atoms with Crippen LogP contribution in [-0.2, 0) is 6.42 Å². The summed E-state index contributed by atoms with van der Waals surface area (Å²) in [6.45, 7) is 4.18. The van der Waals surface area contributed by atoms with Crippen molar-refractivity contribution in [2.45, 2.75) is 26.3 Å². The van der Waals surface area contributed by atoms with Crippen molar-refractivity contribution in [3.8, 4) is 5.75 Å². The second-order valence-electron chi connectivity index (χ2n) is 5.43. The van der Waals surface area contributed by atoms with E-state index in [0.29, 0.717) is 5.75 Å². The van der Waals surface area contributed by atoms with Crippen molar-refractivity contribution in [3.05, 3.63) is 64.5 Å². The fraction of sp³-hybridized carbons (Fsp3) is 0.333. The average Bonchev–Trinajstić information content (AvgIpc) is 2.43. The summed E-state index contributed by atoms with van der Waals surface area (Å²) in [5.41, 5.74) is 4.56. The quantitative estimate of drug-likeness (QED) is 0.899. The number of rotatable bonds is 5. The summed E-state index contributed by atoms with van der Waals surface area (Å²) in [6.07, 6.45) is 0.791. The predicted octanol–water partition coefficient (Wildman–Crippen LogP) is 3.95. The van der Waals surface area contributed by atoms with Gasteiger partial charge in [-0.05, 0) is 51.1 Å². The maximum atomic E-state index is 13.6. The van der Waals surface area contributed by atoms with E-state index in [1.807, 2.05) is 7.05 Å². The minimum Gasteiger partial charge on any atom is -0.496 e. The van der Waals surface area contributed by atoms with Crippen molar-refractivity contribution in [1.82, 2.24) is 5.32 Å². The van der Waals surface area contributed by atoms with Gasteiger partial charge >= 0.3 is 0 Å². The number of hydrogen-bond donors (Lipinski definition) is 1. The highest BCUT2D eigenvalue weighted by Crippen LogP contribution is 2.28. The van der Waals surface area contributed by atoms with Gasteiger partial charge in [0, 0.05) is 11.6 Å². The third-order valence-corrected chi connectivity index (χ3v) is 3.64. The molecule has 0 bridgehead atoms. The molecular weight excluding hydrogens is 265 g/mol. The van der Waals surface area contributed by atoms with Crippen molar-refractivity contribution in [3.63, 3.8) is 0 Å². The van der Waals surface area contributed by atoms with E-state index in [-0.39, 0.29) is 11.9 Å². The van der Waals surface area contributed by atoms with Crippen molar-refractivity contribution in [2.75, 3.05) is 14.2 Å². The molecule has 0 fully saturated rings. The van der Waals surface area contributed by atoms with E-state index < -0.39 is 0 Å². The molecule has 1 N–H and O–H groups in total. The number of hydrogen-bond acceptors (Lipinski definition) is 2. The number of likely N-dealkylation sites (N-methyl/N-ethyl adjacent to an activating group) is 1. The first-order valence-electron chi connectivity index (χ1n) is 7.11. The molecule has 21 heavy (non-hydrogen) atoms. The zero-order valence-corrected chi connectivity index (χ0v) is 13.0. The number of ether oxygens (including phenoxy) is 1. The molecule has 0 aromatic heterocycles. The third kappa shape index (κ3) is 3.82. The highest BCUT2D eigenvalue weighted by Gasteiger charge is 2.16. The van der Waals surface area contributed by atoms with Gasteiger partial charge in [0.15, 0.2) is 0 Å². The Morgan fingerprint density at radius 2 is 1.76 bits per heavy atom. The van der Waals surface area contributed by atoms with Crippen molar-refractivity contribution in [1.29, 1.82) is 0 Å². The molecule has 0 aliphatic carbocycles. The summed E-state index contributed by atoms with van der Waals surface area (Å²) in [7, 11) is 3.50. The van der Waals surface area contributed by atoms with Gasteiger partial charge in [-0.1, -0.05) is 29.3 Å². The number of methoxy groups -OCH3 is 1. The molecule has 2 rings (SSSR count). The van der Waals surface area contributed by atoms with Gasteiger partial charge in [0.2, 0.25) is 0 Å². The molecule has 0 saturated carbocycles. The van der Waals surface area contributed by atoms with Gasteiger partial charge in [-0.25, -0.2) is 4.39 Å². The first-order chi connectivity index (χ1) is 10.0. The Bertz CT molecular complexity index is 604. The predicted molar refractivity (Wildman–Crippen MR) is 84.4 cm³/mol. The second kappa shape index (κ2) is 6.72. The van der Waals surface area contributed by atoms with Crippen LogP contribution in [0.15, 0.2) is 36.4 Å². The minimum absolute atomic E-state index is 0.0110. The van der Waals surface area contributed by atoms with Gasteiger partial charge < -0.3 is 10.1 Å². The van der Waals surface area contributed by atoms with Gasteiger partial charge in [-0.2, -0.15) is 0 Å². The fourth-order valence-electron chi connectivity index (χ4n) is 2.77. The van der Waals surface area contributed by atoms with Crippen molar-refractivity contribution >= 4 is 0 Å². The van der Waals surface area contributed by atoms with Crippen LogP contribution in [0, 0.1) is 19.7 Å². The lowest BCUT2D eigenvalue weighted by molar-refractivity contribution is 0.399. The van der Waals surface area contributed by atoms with Crippen LogP contribution in [0.1, 0.15) is 28.3 Å². The fourth-order valence-corrected chi connectivity index (χ4v) is 2.77. The maximum Gasteiger partial charge on any atom is 0.123 e. The van der Waals surface area contributed by atoms with Gasteiger partial charge in [-0.3, -0.25) is 0 Å². The Morgan fingerprint density at radius 3 is 2.33 bits per heavy atom. The molecule has 1 unspecified atom stereocenters. The van der Waals surface area contributed by atoms with Crippen molar-refractivity contribution < 1.29 is 9.13 Å². The first-order valence-corrected chi connectivity index (χ1v) is 7.11. The molecule has 0 spiro atoms. The van der Waals surface area contributed by atoms with Gasteiger partial charge in [-0.15, -0.1) is 0 Å². The molecule has 0 aliphatic rings. The summed E-state index contributed by atoms with van der Waals surface area (Å²) in [5, 5.41) is 3.26. The van der Waals surface area contributed by atoms with Gasteiger partial charge in [0.25, 0.3) is 0 Å². The Morgan fingerprint density at radius 1 is 1.10 bits per heavy atom. The number of aryl methyl sites for hydroxylation is 2. The van der Waals surface area contributed by atoms with Crippen LogP contribution in [0.2, 0.25) is 0 Å². The lowest BCUT2D eigenvalue weighted by atomic mass is 9.96. The van der Waals surface area contributed by atoms with E-state index in [0.717, 1.165) is 12.0 Å². The zero-order valence-electron chi connectivity index (χ0n) is 13.0. The summed E-state index contributed by atoms with van der Waals surface area (Å²) in [6, 6.07) is 11.1. The molecule has 3 heteroatoms. The van der Waals surface area contributed by atoms with Crippen molar-refractivity contribution in [2.24, 2.45) is 0 Å². The smallest absolute Gasteiger partial charge is 0.123 e. The standard InChI is InChI=1S/C18H22FNO/c1-12-7-13(2)9-14(8-12)10-17(20-3)16-11-15(19)5-6-18(16)21-4/h5-9,11,17,20H,10H2,1-4H3.